The van der Waals surface area contributed by atoms with Crippen LogP contribution >= 0.6 is 0 Å². The molecule has 0 spiro atoms. The van der Waals surface area contributed by atoms with Crippen molar-refractivity contribution in [2.24, 2.45) is 0 Å². The third kappa shape index (κ3) is 1.58. The summed E-state index contributed by atoms with van der Waals surface area (Å²) in [4.78, 5) is 0. The first-order valence-electron chi connectivity index (χ1n) is 3.54. The van der Waals surface area contributed by atoms with E-state index in [0.29, 0.717) is 12.8 Å². The second kappa shape index (κ2) is 3.20. The lowest BCUT2D eigenvalue weighted by Crippen LogP contribution is -1.83. The van der Waals surface area contributed by atoms with Gasteiger partial charge in [0.25, 0.3) is 0 Å². The van der Waals surface area contributed by atoms with Crippen molar-refractivity contribution in [2.45, 2.75) is 26.7 Å². The molecule has 1 heterocycles. The molecule has 0 aromatic carbocycles. The predicted octanol–water partition coefficient (Wildman–Crippen LogP) is 1.75. The Labute approximate surface area is 65.6 Å². The first-order valence-corrected chi connectivity index (χ1v) is 3.54. The van der Waals surface area contributed by atoms with Gasteiger partial charge in [0.1, 0.15) is 5.76 Å². The first-order chi connectivity index (χ1) is 5.25. The number of nitriles is 1. The Hall–Kier alpha value is -1.30. The maximum Gasteiger partial charge on any atom is 0.140 e. The summed E-state index contributed by atoms with van der Waals surface area (Å²) < 4.78 is 5.00. The van der Waals surface area contributed by atoms with Crippen LogP contribution in [0.25, 0.3) is 0 Å². The zero-order valence-electron chi connectivity index (χ0n) is 6.72. The summed E-state index contributed by atoms with van der Waals surface area (Å²) >= 11 is 0. The molecule has 0 aliphatic carbocycles. The van der Waals surface area contributed by atoms with E-state index in [-0.39, 0.29) is 0 Å². The lowest BCUT2D eigenvalue weighted by molar-refractivity contribution is 0.379. The van der Waals surface area contributed by atoms with Gasteiger partial charge < -0.3 is 4.52 Å². The minimum Gasteiger partial charge on any atom is -0.361 e. The number of hydrogen-bond acceptors (Lipinski definition) is 3. The van der Waals surface area contributed by atoms with Gasteiger partial charge in [-0.1, -0.05) is 5.16 Å². The Morgan fingerprint density at radius 1 is 1.55 bits per heavy atom. The number of hydrogen-bond donors (Lipinski definition) is 0. The van der Waals surface area contributed by atoms with Gasteiger partial charge in [0, 0.05) is 18.4 Å². The van der Waals surface area contributed by atoms with E-state index in [4.69, 9.17) is 9.78 Å². The van der Waals surface area contributed by atoms with E-state index in [2.05, 4.69) is 11.2 Å². The summed E-state index contributed by atoms with van der Waals surface area (Å²) in [5, 5.41) is 12.1. The Kier molecular flexibility index (Phi) is 2.27. The molecule has 11 heavy (non-hydrogen) atoms. The molecular weight excluding hydrogens is 140 g/mol. The van der Waals surface area contributed by atoms with Gasteiger partial charge in [-0.2, -0.15) is 5.26 Å². The second-order valence-electron chi connectivity index (χ2n) is 2.47. The Balaban J connectivity index is 2.72. The van der Waals surface area contributed by atoms with Gasteiger partial charge in [-0.15, -0.1) is 0 Å². The quantitative estimate of drug-likeness (QED) is 0.645. The Morgan fingerprint density at radius 3 is 2.73 bits per heavy atom. The van der Waals surface area contributed by atoms with E-state index in [1.165, 1.54) is 0 Å². The molecule has 0 aliphatic rings. The zero-order valence-corrected chi connectivity index (χ0v) is 6.72. The maximum absolute atomic E-state index is 8.31. The zero-order chi connectivity index (χ0) is 8.27. The van der Waals surface area contributed by atoms with Gasteiger partial charge in [-0.05, 0) is 13.8 Å². The van der Waals surface area contributed by atoms with Crippen LogP contribution in [0.4, 0.5) is 0 Å². The van der Waals surface area contributed by atoms with Crippen molar-refractivity contribution < 1.29 is 4.52 Å². The average molecular weight is 150 g/mol. The summed E-state index contributed by atoms with van der Waals surface area (Å²) in [6.07, 6.45) is 1.17. The molecule has 1 aromatic heterocycles. The van der Waals surface area contributed by atoms with Crippen molar-refractivity contribution >= 4 is 0 Å². The molecule has 0 amide bonds. The van der Waals surface area contributed by atoms with Crippen LogP contribution < -0.4 is 0 Å². The molecule has 0 radical (unpaired) electrons. The van der Waals surface area contributed by atoms with Crippen molar-refractivity contribution in [2.75, 3.05) is 0 Å². The standard InChI is InChI=1S/C8H10N2O/c1-6-7(2)10-11-8(6)4-3-5-9/h3-4H2,1-2H3. The second-order valence-corrected chi connectivity index (χ2v) is 2.47. The molecular formula is C8H10N2O. The predicted molar refractivity (Wildman–Crippen MR) is 39.9 cm³/mol. The number of aromatic nitrogens is 1. The minimum absolute atomic E-state index is 0.496. The number of aryl methyl sites for hydroxylation is 2. The highest BCUT2D eigenvalue weighted by Crippen LogP contribution is 2.12. The summed E-state index contributed by atoms with van der Waals surface area (Å²) in [6, 6.07) is 2.06. The molecule has 0 N–H and O–H groups in total. The molecule has 0 atom stereocenters. The molecule has 3 heteroatoms. The SMILES string of the molecule is Cc1noc(CCC#N)c1C. The fourth-order valence-electron chi connectivity index (χ4n) is 0.865. The Bertz CT molecular complexity index is 283. The number of rotatable bonds is 2. The highest BCUT2D eigenvalue weighted by Gasteiger charge is 2.06. The van der Waals surface area contributed by atoms with Crippen molar-refractivity contribution in [1.82, 2.24) is 5.16 Å². The van der Waals surface area contributed by atoms with Crippen molar-refractivity contribution in [3.05, 3.63) is 17.0 Å². The van der Waals surface area contributed by atoms with Crippen LogP contribution in [0, 0.1) is 25.2 Å². The largest absolute Gasteiger partial charge is 0.361 e. The molecule has 1 aromatic rings. The number of nitrogens with zero attached hydrogens (tertiary/aromatic N) is 2. The van der Waals surface area contributed by atoms with Gasteiger partial charge in [-0.3, -0.25) is 0 Å². The molecule has 58 valence electrons. The van der Waals surface area contributed by atoms with Crippen LogP contribution in [-0.2, 0) is 6.42 Å². The molecule has 0 saturated heterocycles. The lowest BCUT2D eigenvalue weighted by Gasteiger charge is -1.89. The van der Waals surface area contributed by atoms with Gasteiger partial charge >= 0.3 is 0 Å². The van der Waals surface area contributed by atoms with Crippen LogP contribution in [0.5, 0.6) is 0 Å². The van der Waals surface area contributed by atoms with Crippen LogP contribution in [0.2, 0.25) is 0 Å². The summed E-state index contributed by atoms with van der Waals surface area (Å²) in [6.45, 7) is 3.85. The van der Waals surface area contributed by atoms with Crippen LogP contribution in [0.1, 0.15) is 23.4 Å². The van der Waals surface area contributed by atoms with Crippen molar-refractivity contribution in [1.29, 1.82) is 5.26 Å². The monoisotopic (exact) mass is 150 g/mol. The normalized spacial score (nSPS) is 9.55. The fourth-order valence-corrected chi connectivity index (χ4v) is 0.865. The molecule has 0 aliphatic heterocycles. The summed E-state index contributed by atoms with van der Waals surface area (Å²) in [5.41, 5.74) is 1.98. The average Bonchev–Trinajstić information content (AvgIpc) is 2.31. The van der Waals surface area contributed by atoms with Gasteiger partial charge in [0.05, 0.1) is 11.8 Å². The fraction of sp³-hybridized carbons (Fsp3) is 0.500. The molecule has 0 saturated carbocycles. The third-order valence-electron chi connectivity index (χ3n) is 1.72. The minimum atomic E-state index is 0.496. The van der Waals surface area contributed by atoms with E-state index >= 15 is 0 Å². The maximum atomic E-state index is 8.31. The molecule has 0 bridgehead atoms. The summed E-state index contributed by atoms with van der Waals surface area (Å²) in [7, 11) is 0. The molecule has 3 nitrogen and oxygen atoms in total. The van der Waals surface area contributed by atoms with Gasteiger partial charge in [0.15, 0.2) is 0 Å². The van der Waals surface area contributed by atoms with E-state index in [9.17, 15) is 0 Å². The smallest absolute Gasteiger partial charge is 0.140 e. The van der Waals surface area contributed by atoms with Crippen LogP contribution in [0.3, 0.4) is 0 Å². The Morgan fingerprint density at radius 2 is 2.27 bits per heavy atom. The topological polar surface area (TPSA) is 49.8 Å². The molecule has 1 rings (SSSR count). The van der Waals surface area contributed by atoms with E-state index in [1.807, 2.05) is 13.8 Å². The van der Waals surface area contributed by atoms with Crippen LogP contribution in [0.15, 0.2) is 4.52 Å². The van der Waals surface area contributed by atoms with Gasteiger partial charge in [0.2, 0.25) is 0 Å². The van der Waals surface area contributed by atoms with E-state index < -0.39 is 0 Å². The van der Waals surface area contributed by atoms with E-state index in [1.54, 1.807) is 0 Å². The van der Waals surface area contributed by atoms with Crippen LogP contribution in [-0.4, -0.2) is 5.16 Å². The van der Waals surface area contributed by atoms with Crippen molar-refractivity contribution in [3.8, 4) is 6.07 Å². The van der Waals surface area contributed by atoms with E-state index in [0.717, 1.165) is 17.0 Å². The summed E-state index contributed by atoms with van der Waals surface area (Å²) in [5.74, 6) is 0.837. The van der Waals surface area contributed by atoms with Gasteiger partial charge in [-0.25, -0.2) is 0 Å². The lowest BCUT2D eigenvalue weighted by atomic mass is 10.1. The van der Waals surface area contributed by atoms with Crippen molar-refractivity contribution in [3.63, 3.8) is 0 Å². The molecule has 0 unspecified atom stereocenters. The highest BCUT2D eigenvalue weighted by atomic mass is 16.5. The highest BCUT2D eigenvalue weighted by molar-refractivity contribution is 5.19. The molecule has 0 fully saturated rings. The first kappa shape index (κ1) is 7.80. The third-order valence-corrected chi connectivity index (χ3v) is 1.72.